The lowest BCUT2D eigenvalue weighted by Crippen LogP contribution is -2.28. The topological polar surface area (TPSA) is 105 Å². The fourth-order valence-corrected chi connectivity index (χ4v) is 1.92. The van der Waals surface area contributed by atoms with Crippen LogP contribution in [-0.2, 0) is 0 Å². The molecule has 1 amide bonds. The van der Waals surface area contributed by atoms with E-state index in [4.69, 9.17) is 4.42 Å². The third-order valence-electron chi connectivity index (χ3n) is 3.05. The molecule has 0 atom stereocenters. The predicted octanol–water partition coefficient (Wildman–Crippen LogP) is 2.05. The van der Waals surface area contributed by atoms with Gasteiger partial charge >= 0.3 is 0 Å². The van der Waals surface area contributed by atoms with Gasteiger partial charge in [0.1, 0.15) is 11.6 Å². The molecule has 0 bridgehead atoms. The molecule has 3 aromatic heterocycles. The first-order chi connectivity index (χ1) is 11.8. The molecule has 3 heterocycles. The zero-order valence-electron chi connectivity index (χ0n) is 12.8. The van der Waals surface area contributed by atoms with Crippen molar-refractivity contribution >= 4 is 23.4 Å². The van der Waals surface area contributed by atoms with Crippen LogP contribution in [0.5, 0.6) is 0 Å². The van der Waals surface area contributed by atoms with Crippen molar-refractivity contribution in [3.63, 3.8) is 0 Å². The third kappa shape index (κ3) is 4.29. The number of rotatable bonds is 7. The smallest absolute Gasteiger partial charge is 0.287 e. The monoisotopic (exact) mass is 324 g/mol. The van der Waals surface area contributed by atoms with E-state index in [0.29, 0.717) is 36.3 Å². The lowest BCUT2D eigenvalue weighted by atomic mass is 10.4. The van der Waals surface area contributed by atoms with Crippen LogP contribution in [0.15, 0.2) is 59.3 Å². The lowest BCUT2D eigenvalue weighted by Gasteiger charge is -2.07. The SMILES string of the molecule is O=C(NCCNc1ccc(Nc2ccccn2)nn1)c1ccco1. The molecule has 0 aromatic carbocycles. The van der Waals surface area contributed by atoms with Crippen molar-refractivity contribution in [3.8, 4) is 0 Å². The summed E-state index contributed by atoms with van der Waals surface area (Å²) >= 11 is 0. The molecule has 0 aliphatic heterocycles. The summed E-state index contributed by atoms with van der Waals surface area (Å²) in [6.45, 7) is 0.962. The summed E-state index contributed by atoms with van der Waals surface area (Å²) in [7, 11) is 0. The molecule has 0 unspecified atom stereocenters. The van der Waals surface area contributed by atoms with Crippen LogP contribution in [0.3, 0.4) is 0 Å². The second kappa shape index (κ2) is 7.73. The first-order valence-electron chi connectivity index (χ1n) is 7.38. The highest BCUT2D eigenvalue weighted by molar-refractivity contribution is 5.91. The molecule has 0 radical (unpaired) electrons. The summed E-state index contributed by atoms with van der Waals surface area (Å²) in [6.07, 6.45) is 3.16. The Morgan fingerprint density at radius 2 is 1.83 bits per heavy atom. The van der Waals surface area contributed by atoms with E-state index in [0.717, 1.165) is 0 Å². The van der Waals surface area contributed by atoms with Crippen molar-refractivity contribution < 1.29 is 9.21 Å². The zero-order valence-corrected chi connectivity index (χ0v) is 12.8. The first kappa shape index (κ1) is 15.5. The minimum Gasteiger partial charge on any atom is -0.459 e. The van der Waals surface area contributed by atoms with Crippen molar-refractivity contribution in [2.24, 2.45) is 0 Å². The highest BCUT2D eigenvalue weighted by Gasteiger charge is 2.06. The van der Waals surface area contributed by atoms with Crippen LogP contribution < -0.4 is 16.0 Å². The van der Waals surface area contributed by atoms with E-state index in [-0.39, 0.29) is 5.91 Å². The number of pyridine rings is 1. The molecule has 24 heavy (non-hydrogen) atoms. The summed E-state index contributed by atoms with van der Waals surface area (Å²) in [5.41, 5.74) is 0. The van der Waals surface area contributed by atoms with Crippen LogP contribution in [0.1, 0.15) is 10.6 Å². The van der Waals surface area contributed by atoms with Crippen LogP contribution in [0.25, 0.3) is 0 Å². The molecule has 3 N–H and O–H groups in total. The Kier molecular flexibility index (Phi) is 4.98. The van der Waals surface area contributed by atoms with Crippen LogP contribution in [0, 0.1) is 0 Å². The van der Waals surface area contributed by atoms with Crippen LogP contribution in [0.2, 0.25) is 0 Å². The number of amides is 1. The number of aromatic nitrogens is 3. The molecule has 0 fully saturated rings. The van der Waals surface area contributed by atoms with Crippen LogP contribution in [-0.4, -0.2) is 34.2 Å². The summed E-state index contributed by atoms with van der Waals surface area (Å²) < 4.78 is 5.01. The van der Waals surface area contributed by atoms with Gasteiger partial charge < -0.3 is 20.4 Å². The third-order valence-corrected chi connectivity index (χ3v) is 3.05. The number of furan rings is 1. The number of nitrogens with one attached hydrogen (secondary N) is 3. The normalized spacial score (nSPS) is 10.2. The largest absolute Gasteiger partial charge is 0.459 e. The first-order valence-corrected chi connectivity index (χ1v) is 7.38. The predicted molar refractivity (Wildman–Crippen MR) is 89.1 cm³/mol. The van der Waals surface area contributed by atoms with E-state index in [9.17, 15) is 4.79 Å². The molecule has 0 aliphatic rings. The molecule has 3 rings (SSSR count). The number of anilines is 3. The maximum atomic E-state index is 11.7. The highest BCUT2D eigenvalue weighted by Crippen LogP contribution is 2.11. The maximum absolute atomic E-state index is 11.7. The Bertz CT molecular complexity index is 759. The molecule has 0 spiro atoms. The van der Waals surface area contributed by atoms with E-state index in [1.807, 2.05) is 18.2 Å². The number of carbonyl (C=O) groups excluding carboxylic acids is 1. The van der Waals surface area contributed by atoms with Gasteiger partial charge in [0.05, 0.1) is 6.26 Å². The van der Waals surface area contributed by atoms with Crippen LogP contribution >= 0.6 is 0 Å². The fraction of sp³-hybridized carbons (Fsp3) is 0.125. The van der Waals surface area contributed by atoms with E-state index in [1.165, 1.54) is 6.26 Å². The summed E-state index contributed by atoms with van der Waals surface area (Å²) in [4.78, 5) is 15.8. The second-order valence-electron chi connectivity index (χ2n) is 4.80. The van der Waals surface area contributed by atoms with Gasteiger partial charge in [-0.05, 0) is 36.4 Å². The van der Waals surface area contributed by atoms with Crippen molar-refractivity contribution in [1.29, 1.82) is 0 Å². The molecule has 8 heteroatoms. The van der Waals surface area contributed by atoms with Gasteiger partial charge in [-0.15, -0.1) is 10.2 Å². The number of hydrogen-bond acceptors (Lipinski definition) is 7. The van der Waals surface area contributed by atoms with E-state index < -0.39 is 0 Å². The molecule has 3 aromatic rings. The van der Waals surface area contributed by atoms with Crippen molar-refractivity contribution in [1.82, 2.24) is 20.5 Å². The Morgan fingerprint density at radius 1 is 0.958 bits per heavy atom. The van der Waals surface area contributed by atoms with Crippen LogP contribution in [0.4, 0.5) is 17.5 Å². The number of nitrogens with zero attached hydrogens (tertiary/aromatic N) is 3. The van der Waals surface area contributed by atoms with Gasteiger partial charge in [-0.2, -0.15) is 0 Å². The van der Waals surface area contributed by atoms with Gasteiger partial charge in [-0.25, -0.2) is 4.98 Å². The molecular weight excluding hydrogens is 308 g/mol. The molecule has 122 valence electrons. The minimum atomic E-state index is -0.247. The molecular formula is C16H16N6O2. The Labute approximate surface area is 138 Å². The van der Waals surface area contributed by atoms with Gasteiger partial charge in [-0.1, -0.05) is 6.07 Å². The summed E-state index contributed by atoms with van der Waals surface area (Å²) in [5, 5.41) is 17.0. The maximum Gasteiger partial charge on any atom is 0.287 e. The van der Waals surface area contributed by atoms with Gasteiger partial charge in [-0.3, -0.25) is 4.79 Å². The second-order valence-corrected chi connectivity index (χ2v) is 4.80. The quantitative estimate of drug-likeness (QED) is 0.571. The fourth-order valence-electron chi connectivity index (χ4n) is 1.92. The van der Waals surface area contributed by atoms with E-state index >= 15 is 0 Å². The number of hydrogen-bond donors (Lipinski definition) is 3. The Morgan fingerprint density at radius 3 is 2.54 bits per heavy atom. The van der Waals surface area contributed by atoms with Gasteiger partial charge in [0.15, 0.2) is 11.6 Å². The van der Waals surface area contributed by atoms with Gasteiger partial charge in [0.2, 0.25) is 0 Å². The Balaban J connectivity index is 1.42. The molecule has 0 saturated heterocycles. The standard InChI is InChI=1S/C16H16N6O2/c23-16(12-4-3-11-24-12)19-10-9-18-14-6-7-15(22-21-14)20-13-5-1-2-8-17-13/h1-8,11H,9-10H2,(H,18,21)(H,19,23)(H,17,20,22). The lowest BCUT2D eigenvalue weighted by molar-refractivity contribution is 0.0927. The van der Waals surface area contributed by atoms with Gasteiger partial charge in [0.25, 0.3) is 5.91 Å². The Hall–Kier alpha value is -3.42. The van der Waals surface area contributed by atoms with Gasteiger partial charge in [0, 0.05) is 19.3 Å². The summed E-state index contributed by atoms with van der Waals surface area (Å²) in [6, 6.07) is 12.4. The zero-order chi connectivity index (χ0) is 16.6. The average Bonchev–Trinajstić information content (AvgIpc) is 3.16. The highest BCUT2D eigenvalue weighted by atomic mass is 16.3. The summed E-state index contributed by atoms with van der Waals surface area (Å²) in [5.74, 6) is 1.97. The average molecular weight is 324 g/mol. The molecule has 0 saturated carbocycles. The minimum absolute atomic E-state index is 0.247. The van der Waals surface area contributed by atoms with Crippen molar-refractivity contribution in [2.45, 2.75) is 0 Å². The van der Waals surface area contributed by atoms with Crippen molar-refractivity contribution in [3.05, 3.63) is 60.7 Å². The van der Waals surface area contributed by atoms with E-state index in [1.54, 1.807) is 30.5 Å². The number of carbonyl (C=O) groups is 1. The van der Waals surface area contributed by atoms with E-state index in [2.05, 4.69) is 31.1 Å². The molecule has 8 nitrogen and oxygen atoms in total. The molecule has 0 aliphatic carbocycles. The van der Waals surface area contributed by atoms with Crippen molar-refractivity contribution in [2.75, 3.05) is 23.7 Å².